The van der Waals surface area contributed by atoms with Crippen LogP contribution in [0.3, 0.4) is 0 Å². The highest BCUT2D eigenvalue weighted by Crippen LogP contribution is 2.53. The topological polar surface area (TPSA) is 40.5 Å². The Hall–Kier alpha value is -0.860. The van der Waals surface area contributed by atoms with Crippen LogP contribution in [0.15, 0.2) is 18.2 Å². The predicted molar refractivity (Wildman–Crippen MR) is 53.3 cm³/mol. The summed E-state index contributed by atoms with van der Waals surface area (Å²) >= 11 is 0. The van der Waals surface area contributed by atoms with Crippen molar-refractivity contribution in [2.24, 2.45) is 0 Å². The normalized spacial score (nSPS) is 38.8. The minimum absolute atomic E-state index is 0.171. The Morgan fingerprint density at radius 2 is 1.71 bits per heavy atom. The summed E-state index contributed by atoms with van der Waals surface area (Å²) in [6.45, 7) is 2.06. The van der Waals surface area contributed by atoms with Crippen molar-refractivity contribution in [3.05, 3.63) is 34.9 Å². The van der Waals surface area contributed by atoms with Gasteiger partial charge >= 0.3 is 0 Å². The quantitative estimate of drug-likeness (QED) is 0.647. The minimum atomic E-state index is -0.547. The molecule has 1 saturated carbocycles. The van der Waals surface area contributed by atoms with Gasteiger partial charge in [0.2, 0.25) is 0 Å². The first kappa shape index (κ1) is 8.45. The Balaban J connectivity index is 2.15. The Morgan fingerprint density at radius 3 is 2.43 bits per heavy atom. The fraction of sp³-hybridized carbons (Fsp3) is 0.500. The molecule has 0 aromatic heterocycles. The summed E-state index contributed by atoms with van der Waals surface area (Å²) in [7, 11) is 0. The van der Waals surface area contributed by atoms with Gasteiger partial charge in [0, 0.05) is 11.8 Å². The highest BCUT2D eigenvalue weighted by molar-refractivity contribution is 5.46. The standard InChI is InChI=1S/C12H14O2/c1-6-2-3-7-8(4-6)10-5-9(7)11(13)12(10)14/h2-4,9-14H,5H2,1H3/t9?,10?,11-,12+/m0/s1. The molecule has 2 aliphatic rings. The van der Waals surface area contributed by atoms with Crippen molar-refractivity contribution in [2.75, 3.05) is 0 Å². The number of benzene rings is 1. The van der Waals surface area contributed by atoms with Crippen LogP contribution in [0.25, 0.3) is 0 Å². The van der Waals surface area contributed by atoms with Gasteiger partial charge in [0.05, 0.1) is 12.2 Å². The van der Waals surface area contributed by atoms with Crippen molar-refractivity contribution in [1.29, 1.82) is 0 Å². The Morgan fingerprint density at radius 1 is 1.07 bits per heavy atom. The van der Waals surface area contributed by atoms with Gasteiger partial charge in [-0.2, -0.15) is 0 Å². The summed E-state index contributed by atoms with van der Waals surface area (Å²) in [5.41, 5.74) is 3.74. The fourth-order valence-electron chi connectivity index (χ4n) is 3.00. The molecular weight excluding hydrogens is 176 g/mol. The second-order valence-corrected chi connectivity index (χ2v) is 4.56. The van der Waals surface area contributed by atoms with E-state index in [1.165, 1.54) is 16.7 Å². The van der Waals surface area contributed by atoms with Crippen molar-refractivity contribution < 1.29 is 10.2 Å². The van der Waals surface area contributed by atoms with E-state index >= 15 is 0 Å². The molecule has 2 nitrogen and oxygen atoms in total. The molecule has 0 radical (unpaired) electrons. The largest absolute Gasteiger partial charge is 0.390 e. The average molecular weight is 190 g/mol. The summed E-state index contributed by atoms with van der Waals surface area (Å²) in [6, 6.07) is 6.33. The second-order valence-electron chi connectivity index (χ2n) is 4.56. The van der Waals surface area contributed by atoms with Crippen LogP contribution in [-0.2, 0) is 0 Å². The molecule has 0 aliphatic heterocycles. The van der Waals surface area contributed by atoms with Gasteiger partial charge in [0.15, 0.2) is 0 Å². The molecule has 2 heteroatoms. The molecule has 0 spiro atoms. The summed E-state index contributed by atoms with van der Waals surface area (Å²) < 4.78 is 0. The van der Waals surface area contributed by atoms with E-state index in [4.69, 9.17) is 0 Å². The molecule has 2 aliphatic carbocycles. The first-order valence-electron chi connectivity index (χ1n) is 5.15. The number of aliphatic hydroxyl groups excluding tert-OH is 2. The van der Waals surface area contributed by atoms with E-state index in [2.05, 4.69) is 25.1 Å². The van der Waals surface area contributed by atoms with E-state index in [9.17, 15) is 10.2 Å². The van der Waals surface area contributed by atoms with Crippen molar-refractivity contribution in [3.8, 4) is 0 Å². The molecule has 14 heavy (non-hydrogen) atoms. The van der Waals surface area contributed by atoms with Crippen LogP contribution in [0.1, 0.15) is 34.9 Å². The molecule has 3 rings (SSSR count). The van der Waals surface area contributed by atoms with E-state index in [0.29, 0.717) is 0 Å². The third-order valence-corrected chi connectivity index (χ3v) is 3.72. The highest BCUT2D eigenvalue weighted by atomic mass is 16.3. The van der Waals surface area contributed by atoms with Crippen molar-refractivity contribution in [3.63, 3.8) is 0 Å². The summed E-state index contributed by atoms with van der Waals surface area (Å²) in [6.07, 6.45) is -0.175. The lowest BCUT2D eigenvalue weighted by Gasteiger charge is -2.25. The van der Waals surface area contributed by atoms with Gasteiger partial charge in [-0.25, -0.2) is 0 Å². The van der Waals surface area contributed by atoms with Gasteiger partial charge in [-0.15, -0.1) is 0 Å². The van der Waals surface area contributed by atoms with Gasteiger partial charge in [-0.1, -0.05) is 23.8 Å². The maximum Gasteiger partial charge on any atom is 0.0873 e. The maximum absolute atomic E-state index is 9.78. The number of rotatable bonds is 0. The maximum atomic E-state index is 9.78. The number of aryl methyl sites for hydroxylation is 1. The number of aliphatic hydroxyl groups is 2. The Kier molecular flexibility index (Phi) is 1.56. The fourth-order valence-corrected chi connectivity index (χ4v) is 3.00. The van der Waals surface area contributed by atoms with E-state index in [1.54, 1.807) is 0 Å². The van der Waals surface area contributed by atoms with E-state index < -0.39 is 12.2 Å². The number of fused-ring (bicyclic) bond motifs is 5. The monoisotopic (exact) mass is 190 g/mol. The molecule has 0 heterocycles. The van der Waals surface area contributed by atoms with E-state index in [1.807, 2.05) is 0 Å². The average Bonchev–Trinajstić information content (AvgIpc) is 2.65. The Bertz CT molecular complexity index is 386. The number of hydrogen-bond donors (Lipinski definition) is 2. The van der Waals surface area contributed by atoms with Crippen LogP contribution in [0.2, 0.25) is 0 Å². The Labute approximate surface area is 83.2 Å². The van der Waals surface area contributed by atoms with Crippen LogP contribution < -0.4 is 0 Å². The van der Waals surface area contributed by atoms with Crippen molar-refractivity contribution >= 4 is 0 Å². The van der Waals surface area contributed by atoms with Crippen LogP contribution in [0.5, 0.6) is 0 Å². The van der Waals surface area contributed by atoms with Crippen LogP contribution in [0, 0.1) is 6.92 Å². The van der Waals surface area contributed by atoms with Gasteiger partial charge in [0.25, 0.3) is 0 Å². The van der Waals surface area contributed by atoms with E-state index in [-0.39, 0.29) is 11.8 Å². The molecule has 1 aromatic carbocycles. The van der Waals surface area contributed by atoms with Gasteiger partial charge in [0.1, 0.15) is 0 Å². The summed E-state index contributed by atoms with van der Waals surface area (Å²) in [5.74, 6) is 0.343. The first-order valence-corrected chi connectivity index (χ1v) is 5.15. The molecule has 1 aromatic rings. The molecule has 2 unspecified atom stereocenters. The molecular formula is C12H14O2. The first-order chi connectivity index (χ1) is 6.68. The third-order valence-electron chi connectivity index (χ3n) is 3.72. The van der Waals surface area contributed by atoms with Crippen molar-refractivity contribution in [1.82, 2.24) is 0 Å². The smallest absolute Gasteiger partial charge is 0.0873 e. The minimum Gasteiger partial charge on any atom is -0.390 e. The van der Waals surface area contributed by atoms with Gasteiger partial charge in [-0.05, 0) is 24.5 Å². The molecule has 0 amide bonds. The lowest BCUT2D eigenvalue weighted by Crippen LogP contribution is -2.31. The van der Waals surface area contributed by atoms with Crippen LogP contribution in [0.4, 0.5) is 0 Å². The second kappa shape index (κ2) is 2.59. The molecule has 1 fully saturated rings. The van der Waals surface area contributed by atoms with E-state index in [0.717, 1.165) is 6.42 Å². The zero-order valence-corrected chi connectivity index (χ0v) is 8.14. The SMILES string of the molecule is Cc1ccc2c(c1)C1CC2[C@H](O)[C@@H]1O. The summed E-state index contributed by atoms with van der Waals surface area (Å²) in [5, 5.41) is 19.5. The lowest BCUT2D eigenvalue weighted by molar-refractivity contribution is 0.0216. The van der Waals surface area contributed by atoms with Crippen LogP contribution in [-0.4, -0.2) is 22.4 Å². The third kappa shape index (κ3) is 0.877. The lowest BCUT2D eigenvalue weighted by atomic mass is 9.87. The van der Waals surface area contributed by atoms with Crippen LogP contribution >= 0.6 is 0 Å². The van der Waals surface area contributed by atoms with Gasteiger partial charge < -0.3 is 10.2 Å². The van der Waals surface area contributed by atoms with Gasteiger partial charge in [-0.3, -0.25) is 0 Å². The number of hydrogen-bond acceptors (Lipinski definition) is 2. The molecule has 74 valence electrons. The zero-order chi connectivity index (χ0) is 9.87. The molecule has 2 N–H and O–H groups in total. The summed E-state index contributed by atoms with van der Waals surface area (Å²) in [4.78, 5) is 0. The predicted octanol–water partition coefficient (Wildman–Crippen LogP) is 1.30. The zero-order valence-electron chi connectivity index (χ0n) is 8.14. The molecule has 4 atom stereocenters. The van der Waals surface area contributed by atoms with Crippen molar-refractivity contribution in [2.45, 2.75) is 37.4 Å². The highest BCUT2D eigenvalue weighted by Gasteiger charge is 2.49. The molecule has 0 saturated heterocycles. The molecule has 2 bridgehead atoms.